The van der Waals surface area contributed by atoms with Crippen LogP contribution in [0.2, 0.25) is 0 Å². The van der Waals surface area contributed by atoms with Gasteiger partial charge in [0.15, 0.2) is 0 Å². The van der Waals surface area contributed by atoms with Gasteiger partial charge in [0, 0.05) is 11.3 Å². The smallest absolute Gasteiger partial charge is 0.222 e. The summed E-state index contributed by atoms with van der Waals surface area (Å²) >= 11 is 1.45. The van der Waals surface area contributed by atoms with Crippen molar-refractivity contribution < 1.29 is 14.3 Å². The van der Waals surface area contributed by atoms with E-state index in [2.05, 4.69) is 5.32 Å². The van der Waals surface area contributed by atoms with Crippen molar-refractivity contribution >= 4 is 17.7 Å². The first-order valence-corrected chi connectivity index (χ1v) is 5.93. The number of thioether (sulfide) groups is 1. The van der Waals surface area contributed by atoms with E-state index < -0.39 is 6.23 Å². The molecule has 1 aromatic rings. The molecule has 2 rings (SSSR count). The SMILES string of the molecule is O=C1CCC(Sc2ccc(F)cc2)C(O)N1. The summed E-state index contributed by atoms with van der Waals surface area (Å²) in [5.41, 5.74) is 0. The molecule has 86 valence electrons. The molecule has 0 radical (unpaired) electrons. The number of nitrogens with one attached hydrogen (secondary N) is 1. The topological polar surface area (TPSA) is 49.3 Å². The second kappa shape index (κ2) is 4.84. The molecule has 0 aliphatic carbocycles. The third kappa shape index (κ3) is 2.74. The molecule has 0 bridgehead atoms. The van der Waals surface area contributed by atoms with Gasteiger partial charge < -0.3 is 10.4 Å². The Morgan fingerprint density at radius 2 is 2.06 bits per heavy atom. The number of rotatable bonds is 2. The predicted octanol–water partition coefficient (Wildman–Crippen LogP) is 1.51. The molecule has 1 aromatic carbocycles. The van der Waals surface area contributed by atoms with Crippen molar-refractivity contribution in [2.45, 2.75) is 29.2 Å². The second-order valence-corrected chi connectivity index (χ2v) is 4.97. The fraction of sp³-hybridized carbons (Fsp3) is 0.364. The molecule has 1 amide bonds. The Kier molecular flexibility index (Phi) is 3.46. The van der Waals surface area contributed by atoms with Gasteiger partial charge >= 0.3 is 0 Å². The molecule has 1 heterocycles. The fourth-order valence-electron chi connectivity index (χ4n) is 1.57. The summed E-state index contributed by atoms with van der Waals surface area (Å²) in [5.74, 6) is -0.398. The van der Waals surface area contributed by atoms with E-state index in [0.717, 1.165) is 4.90 Å². The second-order valence-electron chi connectivity index (χ2n) is 3.66. The zero-order chi connectivity index (χ0) is 11.5. The Balaban J connectivity index is 1.99. The Labute approximate surface area is 97.0 Å². The lowest BCUT2D eigenvalue weighted by Gasteiger charge is -2.27. The molecular formula is C11H12FNO2S. The normalized spacial score (nSPS) is 25.2. The number of carbonyl (C=O) groups is 1. The molecule has 1 aliphatic rings. The first-order chi connectivity index (χ1) is 7.65. The molecule has 2 unspecified atom stereocenters. The zero-order valence-electron chi connectivity index (χ0n) is 8.52. The Hall–Kier alpha value is -1.07. The van der Waals surface area contributed by atoms with Crippen LogP contribution >= 0.6 is 11.8 Å². The first-order valence-electron chi connectivity index (χ1n) is 5.05. The number of piperidine rings is 1. The van der Waals surface area contributed by atoms with Gasteiger partial charge in [-0.3, -0.25) is 4.79 Å². The van der Waals surface area contributed by atoms with Gasteiger partial charge in [-0.25, -0.2) is 4.39 Å². The standard InChI is InChI=1S/C11H12FNO2S/c12-7-1-3-8(4-2-7)16-9-5-6-10(14)13-11(9)15/h1-4,9,11,15H,5-6H2,(H,13,14). The van der Waals surface area contributed by atoms with E-state index in [1.165, 1.54) is 23.9 Å². The van der Waals surface area contributed by atoms with Gasteiger partial charge in [0.2, 0.25) is 5.91 Å². The summed E-state index contributed by atoms with van der Waals surface area (Å²) in [5, 5.41) is 12.0. The molecule has 0 spiro atoms. The highest BCUT2D eigenvalue weighted by molar-refractivity contribution is 8.00. The number of carbonyl (C=O) groups excluding carboxylic acids is 1. The monoisotopic (exact) mass is 241 g/mol. The van der Waals surface area contributed by atoms with E-state index in [-0.39, 0.29) is 17.0 Å². The molecule has 1 fully saturated rings. The summed E-state index contributed by atoms with van der Waals surface area (Å²) in [6.07, 6.45) is 0.238. The van der Waals surface area contributed by atoms with Crippen LogP contribution in [-0.2, 0) is 4.79 Å². The highest BCUT2D eigenvalue weighted by atomic mass is 32.2. The predicted molar refractivity (Wildman–Crippen MR) is 59.4 cm³/mol. The van der Waals surface area contributed by atoms with Crippen LogP contribution in [0.4, 0.5) is 4.39 Å². The molecule has 0 saturated carbocycles. The Morgan fingerprint density at radius 3 is 2.69 bits per heavy atom. The zero-order valence-corrected chi connectivity index (χ0v) is 9.34. The van der Waals surface area contributed by atoms with Gasteiger partial charge in [-0.2, -0.15) is 0 Å². The Bertz CT molecular complexity index is 382. The fourth-order valence-corrected chi connectivity index (χ4v) is 2.65. The van der Waals surface area contributed by atoms with Crippen LogP contribution < -0.4 is 5.32 Å². The average molecular weight is 241 g/mol. The lowest BCUT2D eigenvalue weighted by molar-refractivity contribution is -0.126. The number of hydrogen-bond acceptors (Lipinski definition) is 3. The molecule has 1 aliphatic heterocycles. The van der Waals surface area contributed by atoms with Crippen LogP contribution in [0.5, 0.6) is 0 Å². The minimum atomic E-state index is -0.823. The minimum absolute atomic E-state index is 0.0665. The van der Waals surface area contributed by atoms with Gasteiger partial charge in [-0.1, -0.05) is 0 Å². The van der Waals surface area contributed by atoms with E-state index in [0.29, 0.717) is 12.8 Å². The minimum Gasteiger partial charge on any atom is -0.373 e. The molecule has 2 atom stereocenters. The van der Waals surface area contributed by atoms with Crippen molar-refractivity contribution in [1.82, 2.24) is 5.32 Å². The molecule has 5 heteroatoms. The third-order valence-electron chi connectivity index (χ3n) is 2.42. The van der Waals surface area contributed by atoms with E-state index in [1.807, 2.05) is 0 Å². The lowest BCUT2D eigenvalue weighted by atomic mass is 10.1. The number of aliphatic hydroxyl groups is 1. The molecular weight excluding hydrogens is 229 g/mol. The van der Waals surface area contributed by atoms with Crippen LogP contribution in [0.25, 0.3) is 0 Å². The van der Waals surface area contributed by atoms with Gasteiger partial charge in [-0.15, -0.1) is 11.8 Å². The summed E-state index contributed by atoms with van der Waals surface area (Å²) < 4.78 is 12.7. The van der Waals surface area contributed by atoms with E-state index in [1.54, 1.807) is 12.1 Å². The first kappa shape index (κ1) is 11.4. The molecule has 3 nitrogen and oxygen atoms in total. The van der Waals surface area contributed by atoms with Crippen molar-refractivity contribution in [3.8, 4) is 0 Å². The quantitative estimate of drug-likeness (QED) is 0.825. The highest BCUT2D eigenvalue weighted by Crippen LogP contribution is 2.29. The van der Waals surface area contributed by atoms with E-state index in [4.69, 9.17) is 0 Å². The number of aliphatic hydroxyl groups excluding tert-OH is 1. The summed E-state index contributed by atoms with van der Waals surface area (Å²) in [7, 11) is 0. The molecule has 16 heavy (non-hydrogen) atoms. The van der Waals surface area contributed by atoms with Crippen molar-refractivity contribution in [3.05, 3.63) is 30.1 Å². The van der Waals surface area contributed by atoms with Crippen LogP contribution in [0, 0.1) is 5.82 Å². The molecule has 0 aromatic heterocycles. The van der Waals surface area contributed by atoms with Gasteiger partial charge in [0.05, 0.1) is 5.25 Å². The van der Waals surface area contributed by atoms with Crippen molar-refractivity contribution in [1.29, 1.82) is 0 Å². The summed E-state index contributed by atoms with van der Waals surface area (Å²) in [6.45, 7) is 0. The number of hydrogen-bond donors (Lipinski definition) is 2. The number of halogens is 1. The van der Waals surface area contributed by atoms with Crippen molar-refractivity contribution in [2.75, 3.05) is 0 Å². The van der Waals surface area contributed by atoms with Crippen LogP contribution in [0.3, 0.4) is 0 Å². The highest BCUT2D eigenvalue weighted by Gasteiger charge is 2.27. The van der Waals surface area contributed by atoms with E-state index in [9.17, 15) is 14.3 Å². The maximum atomic E-state index is 12.7. The van der Waals surface area contributed by atoms with Gasteiger partial charge in [0.25, 0.3) is 0 Å². The summed E-state index contributed by atoms with van der Waals surface area (Å²) in [6, 6.07) is 6.11. The van der Waals surface area contributed by atoms with Gasteiger partial charge in [-0.05, 0) is 30.7 Å². The lowest BCUT2D eigenvalue weighted by Crippen LogP contribution is -2.46. The third-order valence-corrected chi connectivity index (χ3v) is 3.76. The largest absolute Gasteiger partial charge is 0.373 e. The number of amides is 1. The maximum absolute atomic E-state index is 12.7. The van der Waals surface area contributed by atoms with Crippen molar-refractivity contribution in [3.63, 3.8) is 0 Å². The average Bonchev–Trinajstić information content (AvgIpc) is 2.25. The summed E-state index contributed by atoms with van der Waals surface area (Å²) in [4.78, 5) is 11.9. The maximum Gasteiger partial charge on any atom is 0.222 e. The van der Waals surface area contributed by atoms with E-state index >= 15 is 0 Å². The van der Waals surface area contributed by atoms with Crippen molar-refractivity contribution in [2.24, 2.45) is 0 Å². The van der Waals surface area contributed by atoms with Crippen LogP contribution in [-0.4, -0.2) is 22.5 Å². The van der Waals surface area contributed by atoms with Crippen LogP contribution in [0.1, 0.15) is 12.8 Å². The van der Waals surface area contributed by atoms with Crippen LogP contribution in [0.15, 0.2) is 29.2 Å². The Morgan fingerprint density at radius 1 is 1.38 bits per heavy atom. The molecule has 1 saturated heterocycles. The molecule has 2 N–H and O–H groups in total. The van der Waals surface area contributed by atoms with Gasteiger partial charge in [0.1, 0.15) is 12.0 Å². The number of benzene rings is 1.